The largest absolute Gasteiger partial charge is 0.370 e. The molecule has 1 aliphatic rings. The van der Waals surface area contributed by atoms with Crippen LogP contribution < -0.4 is 10.2 Å². The van der Waals surface area contributed by atoms with Gasteiger partial charge in [0.25, 0.3) is 0 Å². The fourth-order valence-electron chi connectivity index (χ4n) is 3.05. The van der Waals surface area contributed by atoms with Gasteiger partial charge in [0.05, 0.1) is 0 Å². The molecule has 1 aromatic carbocycles. The van der Waals surface area contributed by atoms with Gasteiger partial charge in [-0.1, -0.05) is 13.0 Å². The van der Waals surface area contributed by atoms with Crippen molar-refractivity contribution in [3.63, 3.8) is 0 Å². The van der Waals surface area contributed by atoms with Gasteiger partial charge in [0.2, 0.25) is 0 Å². The zero-order valence-electron chi connectivity index (χ0n) is 11.1. The van der Waals surface area contributed by atoms with Crippen LogP contribution in [-0.2, 0) is 0 Å². The highest BCUT2D eigenvalue weighted by atomic mass is 15.2. The maximum atomic E-state index is 3.51. The molecular formula is C15H21N3. The van der Waals surface area contributed by atoms with Crippen LogP contribution in [0.25, 0.3) is 10.9 Å². The summed E-state index contributed by atoms with van der Waals surface area (Å²) in [5.41, 5.74) is 2.55. The van der Waals surface area contributed by atoms with Crippen LogP contribution in [0, 0.1) is 5.92 Å². The van der Waals surface area contributed by atoms with Crippen LogP contribution in [-0.4, -0.2) is 31.2 Å². The van der Waals surface area contributed by atoms with Gasteiger partial charge in [0.15, 0.2) is 0 Å². The number of aromatic nitrogens is 1. The van der Waals surface area contributed by atoms with E-state index in [2.05, 4.69) is 53.4 Å². The Kier molecular flexibility index (Phi) is 3.00. The second-order valence-corrected chi connectivity index (χ2v) is 5.36. The van der Waals surface area contributed by atoms with Gasteiger partial charge in [-0.3, -0.25) is 0 Å². The van der Waals surface area contributed by atoms with Crippen molar-refractivity contribution in [3.8, 4) is 0 Å². The SMILES string of the molecule is C[C@@H]1CCNC[C@H]1N(C)c1cccc2[nH]ccc12. The summed E-state index contributed by atoms with van der Waals surface area (Å²) < 4.78 is 0. The summed E-state index contributed by atoms with van der Waals surface area (Å²) in [5.74, 6) is 0.741. The summed E-state index contributed by atoms with van der Waals surface area (Å²) in [6.45, 7) is 4.59. The van der Waals surface area contributed by atoms with Crippen molar-refractivity contribution in [1.82, 2.24) is 10.3 Å². The van der Waals surface area contributed by atoms with Crippen molar-refractivity contribution in [2.75, 3.05) is 25.0 Å². The summed E-state index contributed by atoms with van der Waals surface area (Å²) >= 11 is 0. The average Bonchev–Trinajstić information content (AvgIpc) is 2.86. The van der Waals surface area contributed by atoms with Crippen LogP contribution in [0.1, 0.15) is 13.3 Å². The van der Waals surface area contributed by atoms with Gasteiger partial charge in [-0.15, -0.1) is 0 Å². The molecular weight excluding hydrogens is 222 g/mol. The van der Waals surface area contributed by atoms with E-state index in [0.29, 0.717) is 6.04 Å². The molecule has 2 atom stereocenters. The molecule has 1 fully saturated rings. The van der Waals surface area contributed by atoms with Gasteiger partial charge < -0.3 is 15.2 Å². The van der Waals surface area contributed by atoms with Crippen LogP contribution in [0.5, 0.6) is 0 Å². The van der Waals surface area contributed by atoms with Crippen molar-refractivity contribution >= 4 is 16.6 Å². The first-order valence-corrected chi connectivity index (χ1v) is 6.77. The van der Waals surface area contributed by atoms with Gasteiger partial charge in [0.1, 0.15) is 0 Å². The zero-order valence-corrected chi connectivity index (χ0v) is 11.1. The number of aromatic amines is 1. The maximum absolute atomic E-state index is 3.51. The standard InChI is InChI=1S/C15H21N3/c1-11-6-8-16-10-15(11)18(2)14-5-3-4-13-12(14)7-9-17-13/h3-5,7,9,11,15-17H,6,8,10H2,1-2H3/t11-,15-/m1/s1. The Morgan fingerprint density at radius 1 is 1.28 bits per heavy atom. The average molecular weight is 243 g/mol. The second-order valence-electron chi connectivity index (χ2n) is 5.36. The van der Waals surface area contributed by atoms with Crippen molar-refractivity contribution in [2.24, 2.45) is 5.92 Å². The van der Waals surface area contributed by atoms with Crippen LogP contribution >= 0.6 is 0 Å². The van der Waals surface area contributed by atoms with E-state index in [0.717, 1.165) is 19.0 Å². The maximum Gasteiger partial charge on any atom is 0.0474 e. The summed E-state index contributed by atoms with van der Waals surface area (Å²) in [6.07, 6.45) is 3.28. The third kappa shape index (κ3) is 1.89. The van der Waals surface area contributed by atoms with Crippen molar-refractivity contribution in [2.45, 2.75) is 19.4 Å². The third-order valence-corrected chi connectivity index (χ3v) is 4.24. The molecule has 2 aromatic rings. The number of anilines is 1. The van der Waals surface area contributed by atoms with Crippen LogP contribution in [0.2, 0.25) is 0 Å². The van der Waals surface area contributed by atoms with Crippen molar-refractivity contribution in [3.05, 3.63) is 30.5 Å². The number of nitrogens with zero attached hydrogens (tertiary/aromatic N) is 1. The lowest BCUT2D eigenvalue weighted by atomic mass is 9.93. The highest BCUT2D eigenvalue weighted by Gasteiger charge is 2.25. The molecule has 0 saturated carbocycles. The molecule has 3 nitrogen and oxygen atoms in total. The minimum Gasteiger partial charge on any atom is -0.370 e. The van der Waals surface area contributed by atoms with Crippen LogP contribution in [0.3, 0.4) is 0 Å². The number of hydrogen-bond donors (Lipinski definition) is 2. The Labute approximate surface area is 108 Å². The fraction of sp³-hybridized carbons (Fsp3) is 0.467. The lowest BCUT2D eigenvalue weighted by Gasteiger charge is -2.38. The number of piperidine rings is 1. The molecule has 2 heterocycles. The number of nitrogens with one attached hydrogen (secondary N) is 2. The Morgan fingerprint density at radius 2 is 2.17 bits per heavy atom. The number of likely N-dealkylation sites (N-methyl/N-ethyl adjacent to an activating group) is 1. The quantitative estimate of drug-likeness (QED) is 0.849. The molecule has 3 heteroatoms. The monoisotopic (exact) mass is 243 g/mol. The Bertz CT molecular complexity index is 531. The molecule has 3 rings (SSSR count). The lowest BCUT2D eigenvalue weighted by molar-refractivity contribution is 0.339. The summed E-state index contributed by atoms with van der Waals surface area (Å²) in [4.78, 5) is 5.72. The number of benzene rings is 1. The molecule has 1 saturated heterocycles. The van der Waals surface area contributed by atoms with E-state index in [1.54, 1.807) is 0 Å². The highest BCUT2D eigenvalue weighted by Crippen LogP contribution is 2.29. The lowest BCUT2D eigenvalue weighted by Crippen LogP contribution is -2.49. The minimum atomic E-state index is 0.583. The topological polar surface area (TPSA) is 31.1 Å². The van der Waals surface area contributed by atoms with E-state index >= 15 is 0 Å². The molecule has 96 valence electrons. The van der Waals surface area contributed by atoms with Gasteiger partial charge >= 0.3 is 0 Å². The molecule has 0 spiro atoms. The van der Waals surface area contributed by atoms with E-state index in [9.17, 15) is 0 Å². The molecule has 18 heavy (non-hydrogen) atoms. The molecule has 1 aromatic heterocycles. The molecule has 0 radical (unpaired) electrons. The molecule has 0 unspecified atom stereocenters. The third-order valence-electron chi connectivity index (χ3n) is 4.24. The predicted molar refractivity (Wildman–Crippen MR) is 77.1 cm³/mol. The number of hydrogen-bond acceptors (Lipinski definition) is 2. The molecule has 0 bridgehead atoms. The van der Waals surface area contributed by atoms with Gasteiger partial charge in [-0.25, -0.2) is 0 Å². The Morgan fingerprint density at radius 3 is 3.00 bits per heavy atom. The molecule has 0 aliphatic carbocycles. The molecule has 1 aliphatic heterocycles. The van der Waals surface area contributed by atoms with Crippen molar-refractivity contribution < 1.29 is 0 Å². The van der Waals surface area contributed by atoms with Crippen LogP contribution in [0.15, 0.2) is 30.5 Å². The summed E-state index contributed by atoms with van der Waals surface area (Å²) in [5, 5.41) is 4.83. The van der Waals surface area contributed by atoms with E-state index in [1.165, 1.54) is 23.0 Å². The first-order chi connectivity index (χ1) is 8.77. The summed E-state index contributed by atoms with van der Waals surface area (Å²) in [6, 6.07) is 9.24. The minimum absolute atomic E-state index is 0.583. The fourth-order valence-corrected chi connectivity index (χ4v) is 3.05. The van der Waals surface area contributed by atoms with Gasteiger partial charge in [0, 0.05) is 42.4 Å². The number of H-pyrrole nitrogens is 1. The zero-order chi connectivity index (χ0) is 12.5. The Balaban J connectivity index is 1.95. The predicted octanol–water partition coefficient (Wildman–Crippen LogP) is 2.60. The van der Waals surface area contributed by atoms with Gasteiger partial charge in [-0.05, 0) is 37.1 Å². The van der Waals surface area contributed by atoms with Crippen LogP contribution in [0.4, 0.5) is 5.69 Å². The van der Waals surface area contributed by atoms with E-state index < -0.39 is 0 Å². The number of rotatable bonds is 2. The van der Waals surface area contributed by atoms with Crippen molar-refractivity contribution in [1.29, 1.82) is 0 Å². The molecule has 2 N–H and O–H groups in total. The second kappa shape index (κ2) is 4.65. The van der Waals surface area contributed by atoms with E-state index in [4.69, 9.17) is 0 Å². The highest BCUT2D eigenvalue weighted by molar-refractivity contribution is 5.92. The first kappa shape index (κ1) is 11.6. The molecule has 0 amide bonds. The smallest absolute Gasteiger partial charge is 0.0474 e. The van der Waals surface area contributed by atoms with E-state index in [1.807, 2.05) is 6.20 Å². The van der Waals surface area contributed by atoms with E-state index in [-0.39, 0.29) is 0 Å². The first-order valence-electron chi connectivity index (χ1n) is 6.77. The summed E-state index contributed by atoms with van der Waals surface area (Å²) in [7, 11) is 2.22. The Hall–Kier alpha value is -1.48. The normalized spacial score (nSPS) is 24.3. The number of fused-ring (bicyclic) bond motifs is 1. The van der Waals surface area contributed by atoms with Gasteiger partial charge in [-0.2, -0.15) is 0 Å².